The Bertz CT molecular complexity index is 3510. The number of para-hydroxylation sites is 7. The second-order valence-electron chi connectivity index (χ2n) is 14.9. The predicted molar refractivity (Wildman–Crippen MR) is 240 cm³/mol. The molecule has 3 aromatic heterocycles. The van der Waals surface area contributed by atoms with E-state index in [1.165, 1.54) is 87.7 Å². The van der Waals surface area contributed by atoms with Crippen molar-refractivity contribution in [3.05, 3.63) is 212 Å². The molecule has 0 unspecified atom stereocenters. The first-order valence-electron chi connectivity index (χ1n) is 19.6. The lowest BCUT2D eigenvalue weighted by atomic mass is 9.99. The first-order valence-corrected chi connectivity index (χ1v) is 19.6. The lowest BCUT2D eigenvalue weighted by molar-refractivity contribution is 1.17. The molecular weight excluding hydrogens is 691 g/mol. The van der Waals surface area contributed by atoms with Crippen LogP contribution in [-0.4, -0.2) is 13.7 Å². The van der Waals surface area contributed by atoms with Gasteiger partial charge in [-0.1, -0.05) is 164 Å². The largest absolute Gasteiger partial charge is 0.309 e. The molecule has 0 saturated heterocycles. The summed E-state index contributed by atoms with van der Waals surface area (Å²) in [5.74, 6) is 0. The number of nitrogens with zero attached hydrogens (tertiary/aromatic N) is 3. The van der Waals surface area contributed by atoms with Gasteiger partial charge in [-0.3, -0.25) is 0 Å². The number of hydrogen-bond acceptors (Lipinski definition) is 0. The fraction of sp³-hybridized carbons (Fsp3) is 0. The number of fused-ring (bicyclic) bond motifs is 10. The molecule has 3 heterocycles. The Morgan fingerprint density at radius 2 is 0.719 bits per heavy atom. The molecule has 3 nitrogen and oxygen atoms in total. The van der Waals surface area contributed by atoms with Crippen molar-refractivity contribution in [1.29, 1.82) is 0 Å². The van der Waals surface area contributed by atoms with E-state index in [4.69, 9.17) is 0 Å². The van der Waals surface area contributed by atoms with E-state index in [1.54, 1.807) is 0 Å². The summed E-state index contributed by atoms with van der Waals surface area (Å²) >= 11 is 0. The number of hydrogen-bond donors (Lipinski definition) is 0. The van der Waals surface area contributed by atoms with Crippen LogP contribution in [0, 0.1) is 0 Å². The maximum absolute atomic E-state index is 2.54. The van der Waals surface area contributed by atoms with E-state index in [0.717, 1.165) is 17.1 Å². The number of aromatic nitrogens is 3. The third-order valence-corrected chi connectivity index (χ3v) is 11.8. The van der Waals surface area contributed by atoms with Gasteiger partial charge in [-0.15, -0.1) is 0 Å². The minimum Gasteiger partial charge on any atom is -0.309 e. The van der Waals surface area contributed by atoms with Crippen molar-refractivity contribution >= 4 is 65.4 Å². The van der Waals surface area contributed by atoms with Gasteiger partial charge in [0.1, 0.15) is 0 Å². The van der Waals surface area contributed by atoms with E-state index in [0.29, 0.717) is 0 Å². The molecule has 0 aliphatic carbocycles. The molecule has 0 aliphatic rings. The maximum Gasteiger partial charge on any atom is 0.0641 e. The van der Waals surface area contributed by atoms with E-state index in [2.05, 4.69) is 226 Å². The highest BCUT2D eigenvalue weighted by Gasteiger charge is 2.24. The van der Waals surface area contributed by atoms with Crippen molar-refractivity contribution in [1.82, 2.24) is 13.7 Å². The SMILES string of the molecule is c1ccc(-c2ccccc2-n2c3ccccc3c3cccc(-c4ccccc4-n4c5ccccc5c5ccc6c(c7ccccc7n6-c6ccccc6)c54)c32)cc1. The highest BCUT2D eigenvalue weighted by molar-refractivity contribution is 6.26. The smallest absolute Gasteiger partial charge is 0.0641 e. The summed E-state index contributed by atoms with van der Waals surface area (Å²) in [5.41, 5.74) is 15.4. The molecule has 12 aromatic rings. The van der Waals surface area contributed by atoms with Crippen molar-refractivity contribution in [2.75, 3.05) is 0 Å². The summed E-state index contributed by atoms with van der Waals surface area (Å²) in [6.45, 7) is 0. The van der Waals surface area contributed by atoms with Gasteiger partial charge >= 0.3 is 0 Å². The first kappa shape index (κ1) is 31.7. The van der Waals surface area contributed by atoms with Crippen molar-refractivity contribution in [2.24, 2.45) is 0 Å². The zero-order valence-electron chi connectivity index (χ0n) is 31.0. The molecular formula is C54H35N3. The summed E-state index contributed by atoms with van der Waals surface area (Å²) in [6, 6.07) is 77.4. The van der Waals surface area contributed by atoms with Crippen molar-refractivity contribution in [3.63, 3.8) is 0 Å². The van der Waals surface area contributed by atoms with Gasteiger partial charge in [0.2, 0.25) is 0 Å². The van der Waals surface area contributed by atoms with Crippen LogP contribution in [0.25, 0.3) is 105 Å². The number of rotatable bonds is 5. The van der Waals surface area contributed by atoms with Gasteiger partial charge in [-0.2, -0.15) is 0 Å². The third-order valence-electron chi connectivity index (χ3n) is 11.8. The summed E-state index contributed by atoms with van der Waals surface area (Å²) in [6.07, 6.45) is 0. The molecule has 0 radical (unpaired) electrons. The van der Waals surface area contributed by atoms with Gasteiger partial charge in [-0.25, -0.2) is 0 Å². The minimum atomic E-state index is 1.15. The van der Waals surface area contributed by atoms with E-state index >= 15 is 0 Å². The summed E-state index contributed by atoms with van der Waals surface area (Å²) in [5, 5.41) is 7.45. The molecule has 0 aliphatic heterocycles. The molecule has 266 valence electrons. The predicted octanol–water partition coefficient (Wildman–Crippen LogP) is 14.3. The molecule has 0 N–H and O–H groups in total. The maximum atomic E-state index is 2.54. The highest BCUT2D eigenvalue weighted by atomic mass is 15.0. The molecule has 0 spiro atoms. The highest BCUT2D eigenvalue weighted by Crippen LogP contribution is 2.46. The van der Waals surface area contributed by atoms with Gasteiger partial charge < -0.3 is 13.7 Å². The molecule has 0 bridgehead atoms. The van der Waals surface area contributed by atoms with Crippen molar-refractivity contribution < 1.29 is 0 Å². The zero-order valence-corrected chi connectivity index (χ0v) is 31.0. The summed E-state index contributed by atoms with van der Waals surface area (Å²) in [7, 11) is 0. The van der Waals surface area contributed by atoms with Crippen LogP contribution in [0.1, 0.15) is 0 Å². The van der Waals surface area contributed by atoms with Crippen LogP contribution in [0.4, 0.5) is 0 Å². The fourth-order valence-electron chi connectivity index (χ4n) is 9.53. The van der Waals surface area contributed by atoms with Gasteiger partial charge in [0.25, 0.3) is 0 Å². The Labute approximate surface area is 329 Å². The van der Waals surface area contributed by atoms with Gasteiger partial charge in [-0.05, 0) is 54.1 Å². The molecule has 12 rings (SSSR count). The average Bonchev–Trinajstić information content (AvgIpc) is 3.93. The average molecular weight is 726 g/mol. The fourth-order valence-corrected chi connectivity index (χ4v) is 9.53. The van der Waals surface area contributed by atoms with Crippen molar-refractivity contribution in [3.8, 4) is 39.3 Å². The van der Waals surface area contributed by atoms with Crippen LogP contribution in [0.15, 0.2) is 212 Å². The third kappa shape index (κ3) is 4.60. The first-order chi connectivity index (χ1) is 28.3. The Morgan fingerprint density at radius 1 is 0.246 bits per heavy atom. The van der Waals surface area contributed by atoms with E-state index < -0.39 is 0 Å². The molecule has 0 atom stereocenters. The van der Waals surface area contributed by atoms with Crippen molar-refractivity contribution in [2.45, 2.75) is 0 Å². The standard InChI is InChI=1S/C54H35N3/c1-3-18-36(19-4-1)38-22-7-12-29-46(38)56-47-30-13-8-23-39(47)42-27-17-28-43(53(42)56)40-24-9-14-31-48(40)57-49-32-15-10-25-41(49)44-34-35-51-52(54(44)57)45-26-11-16-33-50(45)55(51)37-20-5-2-6-21-37/h1-35H. The minimum absolute atomic E-state index is 1.15. The van der Waals surface area contributed by atoms with E-state index in [-0.39, 0.29) is 0 Å². The quantitative estimate of drug-likeness (QED) is 0.168. The molecule has 0 fully saturated rings. The monoisotopic (exact) mass is 725 g/mol. The van der Waals surface area contributed by atoms with Gasteiger partial charge in [0, 0.05) is 54.7 Å². The lowest BCUT2D eigenvalue weighted by Gasteiger charge is -2.18. The van der Waals surface area contributed by atoms with E-state index in [9.17, 15) is 0 Å². The van der Waals surface area contributed by atoms with Gasteiger partial charge in [0.05, 0.1) is 44.5 Å². The molecule has 57 heavy (non-hydrogen) atoms. The zero-order chi connectivity index (χ0) is 37.5. The summed E-state index contributed by atoms with van der Waals surface area (Å²) < 4.78 is 7.45. The van der Waals surface area contributed by atoms with Gasteiger partial charge in [0.15, 0.2) is 0 Å². The van der Waals surface area contributed by atoms with Crippen LogP contribution < -0.4 is 0 Å². The van der Waals surface area contributed by atoms with Crippen LogP contribution in [0.2, 0.25) is 0 Å². The number of benzene rings is 9. The Kier molecular flexibility index (Phi) is 6.93. The summed E-state index contributed by atoms with van der Waals surface area (Å²) in [4.78, 5) is 0. The normalized spacial score (nSPS) is 11.9. The van der Waals surface area contributed by atoms with Crippen LogP contribution in [0.3, 0.4) is 0 Å². The molecule has 0 amide bonds. The molecule has 0 saturated carbocycles. The topological polar surface area (TPSA) is 14.8 Å². The second kappa shape index (κ2) is 12.5. The Hall–Kier alpha value is -7.62. The Balaban J connectivity index is 1.22. The molecule has 9 aromatic carbocycles. The van der Waals surface area contributed by atoms with Crippen LogP contribution in [0.5, 0.6) is 0 Å². The second-order valence-corrected chi connectivity index (χ2v) is 14.9. The lowest BCUT2D eigenvalue weighted by Crippen LogP contribution is -2.01. The van der Waals surface area contributed by atoms with Crippen LogP contribution >= 0.6 is 0 Å². The Morgan fingerprint density at radius 3 is 1.42 bits per heavy atom. The van der Waals surface area contributed by atoms with E-state index in [1.807, 2.05) is 0 Å². The van der Waals surface area contributed by atoms with Crippen LogP contribution in [-0.2, 0) is 0 Å². The molecule has 3 heteroatoms.